The van der Waals surface area contributed by atoms with Crippen molar-refractivity contribution in [2.45, 2.75) is 37.2 Å². The van der Waals surface area contributed by atoms with Gasteiger partial charge in [0.2, 0.25) is 11.8 Å². The molecule has 0 radical (unpaired) electrons. The third-order valence-corrected chi connectivity index (χ3v) is 9.28. The number of carbonyl (C=O) groups excluding carboxylic acids is 2. The quantitative estimate of drug-likeness (QED) is 0.178. The number of hydrogen-bond acceptors (Lipinski definition) is 4. The van der Waals surface area contributed by atoms with Crippen molar-refractivity contribution in [2.75, 3.05) is 17.4 Å². The van der Waals surface area contributed by atoms with Crippen molar-refractivity contribution in [2.24, 2.45) is 0 Å². The number of amides is 2. The summed E-state index contributed by atoms with van der Waals surface area (Å²) in [7, 11) is -4.33. The molecular weight excluding hydrogens is 624 g/mol. The second kappa shape index (κ2) is 15.2. The fourth-order valence-corrected chi connectivity index (χ4v) is 6.49. The van der Waals surface area contributed by atoms with E-state index in [2.05, 4.69) is 5.32 Å². The highest BCUT2D eigenvalue weighted by Crippen LogP contribution is 2.27. The molecule has 0 aromatic heterocycles. The highest BCUT2D eigenvalue weighted by Gasteiger charge is 2.34. The Morgan fingerprint density at radius 1 is 0.886 bits per heavy atom. The molecule has 44 heavy (non-hydrogen) atoms. The van der Waals surface area contributed by atoms with E-state index in [1.54, 1.807) is 48.5 Å². The fourth-order valence-electron chi connectivity index (χ4n) is 4.61. The minimum atomic E-state index is -4.33. The van der Waals surface area contributed by atoms with Gasteiger partial charge in [-0.2, -0.15) is 0 Å². The molecule has 0 aliphatic carbocycles. The molecule has 7 nitrogen and oxygen atoms in total. The summed E-state index contributed by atoms with van der Waals surface area (Å²) in [5, 5.41) is 3.58. The normalized spacial score (nSPS) is 11.9. The van der Waals surface area contributed by atoms with Crippen LogP contribution in [0.2, 0.25) is 10.0 Å². The van der Waals surface area contributed by atoms with Gasteiger partial charge < -0.3 is 10.2 Å². The monoisotopic (exact) mass is 655 g/mol. The number of anilines is 1. The smallest absolute Gasteiger partial charge is 0.264 e. The van der Waals surface area contributed by atoms with Gasteiger partial charge in [0.15, 0.2) is 0 Å². The topological polar surface area (TPSA) is 86.8 Å². The lowest BCUT2D eigenvalue weighted by Crippen LogP contribution is -2.53. The Hall–Kier alpha value is -3.92. The summed E-state index contributed by atoms with van der Waals surface area (Å²) in [6, 6.07) is 25.6. The van der Waals surface area contributed by atoms with E-state index in [0.717, 1.165) is 34.1 Å². The number of carbonyl (C=O) groups is 2. The number of nitrogens with one attached hydrogen (secondary N) is 1. The third kappa shape index (κ3) is 8.37. The molecule has 0 unspecified atom stereocenters. The lowest BCUT2D eigenvalue weighted by atomic mass is 10.0. The number of hydrogen-bond donors (Lipinski definition) is 1. The Morgan fingerprint density at radius 2 is 1.52 bits per heavy atom. The van der Waals surface area contributed by atoms with Gasteiger partial charge in [-0.3, -0.25) is 13.9 Å². The van der Waals surface area contributed by atoms with Crippen molar-refractivity contribution in [3.63, 3.8) is 0 Å². The highest BCUT2D eigenvalue weighted by molar-refractivity contribution is 7.92. The SMILES string of the molecule is CCCNC(=O)[C@H](Cc1ccccc1)N(Cc1ccc(Cl)cc1Cl)C(=O)CN(c1ccccc1)S(=O)(=O)c1ccc(F)cc1. The summed E-state index contributed by atoms with van der Waals surface area (Å²) in [5.41, 5.74) is 1.56. The summed E-state index contributed by atoms with van der Waals surface area (Å²) >= 11 is 12.6. The molecule has 0 aliphatic heterocycles. The van der Waals surface area contributed by atoms with Crippen LogP contribution in [0.4, 0.5) is 10.1 Å². The lowest BCUT2D eigenvalue weighted by molar-refractivity contribution is -0.140. The van der Waals surface area contributed by atoms with E-state index in [-0.39, 0.29) is 29.5 Å². The second-order valence-electron chi connectivity index (χ2n) is 10.1. The van der Waals surface area contributed by atoms with Crippen molar-refractivity contribution >= 4 is 50.7 Å². The van der Waals surface area contributed by atoms with Gasteiger partial charge in [0.05, 0.1) is 10.6 Å². The molecule has 4 aromatic carbocycles. The molecule has 0 aliphatic rings. The van der Waals surface area contributed by atoms with E-state index in [1.807, 2.05) is 37.3 Å². The molecule has 0 saturated carbocycles. The third-order valence-electron chi connectivity index (χ3n) is 6.90. The summed E-state index contributed by atoms with van der Waals surface area (Å²) < 4.78 is 42.5. The van der Waals surface area contributed by atoms with Crippen LogP contribution < -0.4 is 9.62 Å². The van der Waals surface area contributed by atoms with Crippen LogP contribution in [0, 0.1) is 5.82 Å². The van der Waals surface area contributed by atoms with Gasteiger partial charge in [-0.15, -0.1) is 0 Å². The van der Waals surface area contributed by atoms with Crippen LogP contribution in [-0.4, -0.2) is 44.3 Å². The van der Waals surface area contributed by atoms with Crippen molar-refractivity contribution in [1.29, 1.82) is 0 Å². The first-order chi connectivity index (χ1) is 21.1. The Bertz CT molecular complexity index is 1670. The van der Waals surface area contributed by atoms with Gasteiger partial charge in [-0.25, -0.2) is 12.8 Å². The first-order valence-electron chi connectivity index (χ1n) is 14.0. The van der Waals surface area contributed by atoms with Gasteiger partial charge in [-0.1, -0.05) is 84.7 Å². The number of nitrogens with zero attached hydrogens (tertiary/aromatic N) is 2. The molecule has 0 fully saturated rings. The minimum absolute atomic E-state index is 0.0922. The van der Waals surface area contributed by atoms with Gasteiger partial charge >= 0.3 is 0 Å². The van der Waals surface area contributed by atoms with Crippen LogP contribution in [0.5, 0.6) is 0 Å². The number of rotatable bonds is 13. The van der Waals surface area contributed by atoms with Crippen molar-refractivity contribution in [3.05, 3.63) is 130 Å². The standard InChI is InChI=1S/C33H32Cl2FN3O4S/c1-2-19-37-33(41)31(20-24-9-5-3-6-10-24)38(22-25-13-14-26(34)21-30(25)35)32(40)23-39(28-11-7-4-8-12-28)44(42,43)29-17-15-27(36)16-18-29/h3-18,21,31H,2,19-20,22-23H2,1H3,(H,37,41)/t31-/m0/s1. The molecule has 4 rings (SSSR count). The average Bonchev–Trinajstić information content (AvgIpc) is 3.02. The number of para-hydroxylation sites is 1. The van der Waals surface area contributed by atoms with Crippen LogP contribution in [0.1, 0.15) is 24.5 Å². The van der Waals surface area contributed by atoms with E-state index in [0.29, 0.717) is 28.6 Å². The predicted molar refractivity (Wildman–Crippen MR) is 172 cm³/mol. The maximum atomic E-state index is 14.4. The summed E-state index contributed by atoms with van der Waals surface area (Å²) in [5.74, 6) is -1.63. The van der Waals surface area contributed by atoms with Gasteiger partial charge in [0.1, 0.15) is 18.4 Å². The molecule has 230 valence electrons. The van der Waals surface area contributed by atoms with E-state index in [4.69, 9.17) is 23.2 Å². The maximum absolute atomic E-state index is 14.4. The molecule has 2 amide bonds. The van der Waals surface area contributed by atoms with Gasteiger partial charge in [-0.05, 0) is 66.1 Å². The van der Waals surface area contributed by atoms with Crippen LogP contribution in [0.3, 0.4) is 0 Å². The number of halogens is 3. The van der Waals surface area contributed by atoms with E-state index >= 15 is 0 Å². The zero-order chi connectivity index (χ0) is 31.7. The molecule has 4 aromatic rings. The Balaban J connectivity index is 1.80. The fraction of sp³-hybridized carbons (Fsp3) is 0.212. The zero-order valence-electron chi connectivity index (χ0n) is 24.0. The van der Waals surface area contributed by atoms with E-state index < -0.39 is 34.3 Å². The predicted octanol–water partition coefficient (Wildman–Crippen LogP) is 6.49. The molecular formula is C33H32Cl2FN3O4S. The molecule has 11 heteroatoms. The summed E-state index contributed by atoms with van der Waals surface area (Å²) in [6.45, 7) is 1.58. The first kappa shape index (κ1) is 33.0. The molecule has 0 heterocycles. The van der Waals surface area contributed by atoms with Crippen LogP contribution in [0.25, 0.3) is 0 Å². The largest absolute Gasteiger partial charge is 0.354 e. The Labute approximate surface area is 267 Å². The lowest BCUT2D eigenvalue weighted by Gasteiger charge is -2.34. The summed E-state index contributed by atoms with van der Waals surface area (Å²) in [4.78, 5) is 29.2. The average molecular weight is 657 g/mol. The van der Waals surface area contributed by atoms with Crippen molar-refractivity contribution in [1.82, 2.24) is 10.2 Å². The number of sulfonamides is 1. The van der Waals surface area contributed by atoms with Crippen LogP contribution in [0.15, 0.2) is 108 Å². The first-order valence-corrected chi connectivity index (χ1v) is 16.2. The van der Waals surface area contributed by atoms with Crippen LogP contribution >= 0.6 is 23.2 Å². The van der Waals surface area contributed by atoms with Gasteiger partial charge in [0.25, 0.3) is 10.0 Å². The van der Waals surface area contributed by atoms with E-state index in [9.17, 15) is 22.4 Å². The molecule has 0 spiro atoms. The van der Waals surface area contributed by atoms with E-state index in [1.165, 1.54) is 4.90 Å². The summed E-state index contributed by atoms with van der Waals surface area (Å²) in [6.07, 6.45) is 0.849. The van der Waals surface area contributed by atoms with Crippen molar-refractivity contribution < 1.29 is 22.4 Å². The Kier molecular flexibility index (Phi) is 11.4. The van der Waals surface area contributed by atoms with Crippen molar-refractivity contribution in [3.8, 4) is 0 Å². The zero-order valence-corrected chi connectivity index (χ0v) is 26.3. The molecule has 1 atom stereocenters. The van der Waals surface area contributed by atoms with Gasteiger partial charge in [0, 0.05) is 29.6 Å². The molecule has 0 saturated heterocycles. The Morgan fingerprint density at radius 3 is 2.14 bits per heavy atom. The molecule has 0 bridgehead atoms. The minimum Gasteiger partial charge on any atom is -0.354 e. The number of benzene rings is 4. The molecule has 1 N–H and O–H groups in total. The van der Waals surface area contributed by atoms with Crippen LogP contribution in [-0.2, 0) is 32.6 Å². The maximum Gasteiger partial charge on any atom is 0.264 e. The second-order valence-corrected chi connectivity index (χ2v) is 12.8. The highest BCUT2D eigenvalue weighted by atomic mass is 35.5.